The number of carboxylic acid groups (broad SMARTS) is 1. The number of carbonyl (C=O) groups is 2. The summed E-state index contributed by atoms with van der Waals surface area (Å²) in [6, 6.07) is 13.8. The summed E-state index contributed by atoms with van der Waals surface area (Å²) in [5.74, 6) is -0.843. The molecule has 0 atom stereocenters. The smallest absolute Gasteiger partial charge is 0.341 e. The van der Waals surface area contributed by atoms with Gasteiger partial charge in [-0.25, -0.2) is 4.79 Å². The number of hydrogen-bond donors (Lipinski definition) is 1. The maximum absolute atomic E-state index is 12.7. The Morgan fingerprint density at radius 2 is 1.92 bits per heavy atom. The highest BCUT2D eigenvalue weighted by molar-refractivity contribution is 8.27. The van der Waals surface area contributed by atoms with Crippen molar-refractivity contribution in [3.63, 3.8) is 0 Å². The highest BCUT2D eigenvalue weighted by Gasteiger charge is 2.34. The van der Waals surface area contributed by atoms with Gasteiger partial charge in [0.05, 0.1) is 15.6 Å². The van der Waals surface area contributed by atoms with Gasteiger partial charge in [0.15, 0.2) is 10.9 Å². The molecule has 2 aromatic carbocycles. The average Bonchev–Trinajstić information content (AvgIpc) is 2.88. The van der Waals surface area contributed by atoms with Crippen molar-refractivity contribution in [1.82, 2.24) is 0 Å². The zero-order chi connectivity index (χ0) is 18.7. The average molecular weight is 406 g/mol. The van der Waals surface area contributed by atoms with Gasteiger partial charge in [0, 0.05) is 0 Å². The van der Waals surface area contributed by atoms with Crippen LogP contribution >= 0.6 is 35.6 Å². The third kappa shape index (κ3) is 4.07. The number of amides is 1. The van der Waals surface area contributed by atoms with Gasteiger partial charge in [0.1, 0.15) is 5.75 Å². The number of rotatable bonds is 5. The molecule has 0 aliphatic carbocycles. The molecule has 0 radical (unpaired) electrons. The quantitative estimate of drug-likeness (QED) is 0.593. The Morgan fingerprint density at radius 1 is 1.23 bits per heavy atom. The lowest BCUT2D eigenvalue weighted by Crippen LogP contribution is -2.27. The number of thioether (sulfide) groups is 1. The van der Waals surface area contributed by atoms with Gasteiger partial charge in [0.2, 0.25) is 0 Å². The summed E-state index contributed by atoms with van der Waals surface area (Å²) in [5, 5.41) is 9.06. The van der Waals surface area contributed by atoms with Crippen molar-refractivity contribution >= 4 is 63.5 Å². The number of anilines is 1. The van der Waals surface area contributed by atoms with E-state index >= 15 is 0 Å². The van der Waals surface area contributed by atoms with Crippen molar-refractivity contribution in [1.29, 1.82) is 0 Å². The fourth-order valence-electron chi connectivity index (χ4n) is 2.27. The summed E-state index contributed by atoms with van der Waals surface area (Å²) < 4.78 is 5.50. The first-order valence-electron chi connectivity index (χ1n) is 7.43. The highest BCUT2D eigenvalue weighted by atomic mass is 35.5. The van der Waals surface area contributed by atoms with Gasteiger partial charge in [-0.2, -0.15) is 0 Å². The van der Waals surface area contributed by atoms with Gasteiger partial charge >= 0.3 is 5.97 Å². The lowest BCUT2D eigenvalue weighted by molar-refractivity contribution is -0.139. The second-order valence-electron chi connectivity index (χ2n) is 5.22. The van der Waals surface area contributed by atoms with E-state index in [1.807, 2.05) is 0 Å². The Hall–Kier alpha value is -2.35. The Labute approximate surface area is 164 Å². The third-order valence-corrected chi connectivity index (χ3v) is 5.05. The van der Waals surface area contributed by atoms with Crippen molar-refractivity contribution in [2.45, 2.75) is 0 Å². The molecule has 132 valence electrons. The predicted octanol–water partition coefficient (Wildman–Crippen LogP) is 4.21. The van der Waals surface area contributed by atoms with Crippen LogP contribution in [0, 0.1) is 0 Å². The molecule has 2 aromatic rings. The van der Waals surface area contributed by atoms with Crippen LogP contribution in [0.5, 0.6) is 5.75 Å². The molecular formula is C18H12ClNO4S2. The number of halogens is 1. The second kappa shape index (κ2) is 7.90. The monoisotopic (exact) mass is 405 g/mol. The molecule has 1 saturated heterocycles. The first kappa shape index (κ1) is 18.4. The first-order valence-corrected chi connectivity index (χ1v) is 9.03. The Balaban J connectivity index is 1.80. The molecule has 1 aliphatic heterocycles. The molecule has 1 fully saturated rings. The number of ether oxygens (including phenoxy) is 1. The van der Waals surface area contributed by atoms with Crippen LogP contribution < -0.4 is 9.64 Å². The lowest BCUT2D eigenvalue weighted by Gasteiger charge is -2.15. The summed E-state index contributed by atoms with van der Waals surface area (Å²) >= 11 is 12.7. The first-order chi connectivity index (χ1) is 12.5. The number of carbonyl (C=O) groups excluding carboxylic acids is 1. The van der Waals surface area contributed by atoms with E-state index in [9.17, 15) is 9.59 Å². The van der Waals surface area contributed by atoms with E-state index in [1.165, 1.54) is 16.7 Å². The molecule has 5 nitrogen and oxygen atoms in total. The Kier molecular flexibility index (Phi) is 5.61. The summed E-state index contributed by atoms with van der Waals surface area (Å²) in [5.41, 5.74) is 1.32. The zero-order valence-electron chi connectivity index (χ0n) is 13.2. The molecule has 0 spiro atoms. The fraction of sp³-hybridized carbons (Fsp3) is 0.0556. The summed E-state index contributed by atoms with van der Waals surface area (Å²) in [6.45, 7) is -0.407. The molecule has 0 aromatic heterocycles. The van der Waals surface area contributed by atoms with Crippen LogP contribution in [0.1, 0.15) is 5.56 Å². The molecule has 1 aliphatic rings. The van der Waals surface area contributed by atoms with Crippen LogP contribution in [0.2, 0.25) is 5.02 Å². The Bertz CT molecular complexity index is 912. The molecule has 1 amide bonds. The van der Waals surface area contributed by atoms with Crippen molar-refractivity contribution < 1.29 is 19.4 Å². The van der Waals surface area contributed by atoms with Gasteiger partial charge in [0.25, 0.3) is 5.91 Å². The SMILES string of the molecule is O=C(O)COc1ccc(/C=C2/SC(=S)N(c3ccccc3Cl)C2=O)cc1. The van der Waals surface area contributed by atoms with E-state index in [4.69, 9.17) is 33.7 Å². The normalized spacial score (nSPS) is 15.6. The number of para-hydroxylation sites is 1. The van der Waals surface area contributed by atoms with E-state index in [0.717, 1.165) is 5.56 Å². The number of hydrogen-bond acceptors (Lipinski definition) is 5. The molecular weight excluding hydrogens is 394 g/mol. The van der Waals surface area contributed by atoms with Gasteiger partial charge in [-0.1, -0.05) is 59.8 Å². The third-order valence-electron chi connectivity index (χ3n) is 3.43. The summed E-state index contributed by atoms with van der Waals surface area (Å²) in [6.07, 6.45) is 1.72. The molecule has 0 unspecified atom stereocenters. The topological polar surface area (TPSA) is 66.8 Å². The maximum atomic E-state index is 12.7. The molecule has 1 N–H and O–H groups in total. The summed E-state index contributed by atoms with van der Waals surface area (Å²) in [7, 11) is 0. The minimum Gasteiger partial charge on any atom is -0.482 e. The van der Waals surface area contributed by atoms with Gasteiger partial charge in [-0.3, -0.25) is 9.69 Å². The van der Waals surface area contributed by atoms with Crippen LogP contribution in [0.25, 0.3) is 6.08 Å². The van der Waals surface area contributed by atoms with E-state index in [-0.39, 0.29) is 5.91 Å². The van der Waals surface area contributed by atoms with Crippen LogP contribution in [-0.4, -0.2) is 27.9 Å². The second-order valence-corrected chi connectivity index (χ2v) is 7.30. The van der Waals surface area contributed by atoms with Gasteiger partial charge < -0.3 is 9.84 Å². The molecule has 26 heavy (non-hydrogen) atoms. The van der Waals surface area contributed by atoms with E-state index < -0.39 is 12.6 Å². The van der Waals surface area contributed by atoms with E-state index in [1.54, 1.807) is 54.6 Å². The van der Waals surface area contributed by atoms with Gasteiger partial charge in [-0.05, 0) is 35.9 Å². The predicted molar refractivity (Wildman–Crippen MR) is 107 cm³/mol. The number of thiocarbonyl (C=S) groups is 1. The van der Waals surface area contributed by atoms with E-state index in [0.29, 0.717) is 25.7 Å². The number of nitrogens with zero attached hydrogens (tertiary/aromatic N) is 1. The van der Waals surface area contributed by atoms with Crippen molar-refractivity contribution in [3.8, 4) is 5.75 Å². The number of carboxylic acids is 1. The van der Waals surface area contributed by atoms with Crippen LogP contribution in [0.15, 0.2) is 53.4 Å². The minimum atomic E-state index is -1.04. The maximum Gasteiger partial charge on any atom is 0.341 e. The molecule has 8 heteroatoms. The minimum absolute atomic E-state index is 0.237. The molecule has 0 bridgehead atoms. The fourth-order valence-corrected chi connectivity index (χ4v) is 3.77. The highest BCUT2D eigenvalue weighted by Crippen LogP contribution is 2.38. The summed E-state index contributed by atoms with van der Waals surface area (Å²) in [4.78, 5) is 25.1. The lowest BCUT2D eigenvalue weighted by atomic mass is 10.2. The van der Waals surface area contributed by atoms with Crippen LogP contribution in [-0.2, 0) is 9.59 Å². The molecule has 1 heterocycles. The molecule has 3 rings (SSSR count). The standard InChI is InChI=1S/C18H12ClNO4S2/c19-13-3-1-2-4-14(13)20-17(23)15(26-18(20)25)9-11-5-7-12(8-6-11)24-10-16(21)22/h1-9H,10H2,(H,21,22)/b15-9+. The van der Waals surface area contributed by atoms with Gasteiger partial charge in [-0.15, -0.1) is 0 Å². The largest absolute Gasteiger partial charge is 0.482 e. The Morgan fingerprint density at radius 3 is 2.58 bits per heavy atom. The number of benzene rings is 2. The van der Waals surface area contributed by atoms with E-state index in [2.05, 4.69) is 0 Å². The van der Waals surface area contributed by atoms with Crippen LogP contribution in [0.3, 0.4) is 0 Å². The zero-order valence-corrected chi connectivity index (χ0v) is 15.6. The van der Waals surface area contributed by atoms with Crippen molar-refractivity contribution in [2.24, 2.45) is 0 Å². The van der Waals surface area contributed by atoms with Crippen LogP contribution in [0.4, 0.5) is 5.69 Å². The number of aliphatic carboxylic acids is 1. The van der Waals surface area contributed by atoms with Crippen molar-refractivity contribution in [3.05, 3.63) is 64.0 Å². The van der Waals surface area contributed by atoms with Crippen molar-refractivity contribution in [2.75, 3.05) is 11.5 Å². The molecule has 0 saturated carbocycles.